The number of ether oxygens (including phenoxy) is 2. The number of amides is 2. The van der Waals surface area contributed by atoms with Gasteiger partial charge < -0.3 is 20.1 Å². The molecule has 368 valence electrons. The minimum atomic E-state index is -1.51. The molecule has 0 bridgehead atoms. The van der Waals surface area contributed by atoms with E-state index in [4.69, 9.17) is 32.7 Å². The molecule has 10 nitrogen and oxygen atoms in total. The molecule has 4 aromatic carbocycles. The van der Waals surface area contributed by atoms with Gasteiger partial charge in [0.1, 0.15) is 11.5 Å². The van der Waals surface area contributed by atoms with E-state index in [-0.39, 0.29) is 42.5 Å². The van der Waals surface area contributed by atoms with Gasteiger partial charge in [-0.15, -0.1) is 0 Å². The number of halogens is 2. The number of methoxy groups -OCH3 is 2. The normalized spacial score (nSPS) is 14.5. The Kier molecular flexibility index (Phi) is 18.2. The molecule has 1 saturated heterocycles. The van der Waals surface area contributed by atoms with Crippen molar-refractivity contribution in [2.24, 2.45) is 0 Å². The Labute approximate surface area is 420 Å². The van der Waals surface area contributed by atoms with E-state index in [0.29, 0.717) is 32.7 Å². The molecule has 1 atom stereocenters. The summed E-state index contributed by atoms with van der Waals surface area (Å²) in [5, 5.41) is 9.36. The number of carbonyl (C=O) groups excluding carboxylic acids is 4. The second-order valence-electron chi connectivity index (χ2n) is 20.2. The third-order valence-corrected chi connectivity index (χ3v) is 20.3. The van der Waals surface area contributed by atoms with E-state index in [9.17, 15) is 19.2 Å². The van der Waals surface area contributed by atoms with Crippen molar-refractivity contribution < 1.29 is 28.7 Å². The molecule has 0 radical (unpaired) electrons. The van der Waals surface area contributed by atoms with Crippen LogP contribution in [0.15, 0.2) is 84.9 Å². The summed E-state index contributed by atoms with van der Waals surface area (Å²) in [4.78, 5) is 53.1. The summed E-state index contributed by atoms with van der Waals surface area (Å²) < 4.78 is 14.3. The van der Waals surface area contributed by atoms with E-state index in [1.165, 1.54) is 50.6 Å². The molecule has 0 aliphatic carbocycles. The van der Waals surface area contributed by atoms with Crippen molar-refractivity contribution in [1.82, 2.24) is 19.8 Å². The van der Waals surface area contributed by atoms with Crippen LogP contribution < -0.4 is 20.1 Å². The van der Waals surface area contributed by atoms with Crippen molar-refractivity contribution in [3.05, 3.63) is 129 Å². The third kappa shape index (κ3) is 13.6. The van der Waals surface area contributed by atoms with Crippen LogP contribution >= 0.6 is 23.2 Å². The number of carbonyl (C=O) groups is 4. The zero-order chi connectivity index (χ0) is 50.0. The van der Waals surface area contributed by atoms with Crippen LogP contribution in [0.2, 0.25) is 54.4 Å². The number of nitrogens with zero attached hydrogens (tertiary/aromatic N) is 2. The molecule has 0 saturated carbocycles. The molecule has 1 aliphatic rings. The third-order valence-electron chi connectivity index (χ3n) is 13.6. The number of aromatic nitrogens is 2. The van der Waals surface area contributed by atoms with Crippen molar-refractivity contribution in [3.63, 3.8) is 0 Å². The molecular formula is C55H70Cl2N4O6Si2. The first kappa shape index (κ1) is 53.2. The quantitative estimate of drug-likeness (QED) is 0.0693. The number of hydrogen-bond donors (Lipinski definition) is 2. The van der Waals surface area contributed by atoms with Gasteiger partial charge in [-0.05, 0) is 122 Å². The van der Waals surface area contributed by atoms with Crippen molar-refractivity contribution >= 4 is 84.8 Å². The Hall–Kier alpha value is -5.15. The summed E-state index contributed by atoms with van der Waals surface area (Å²) in [5.41, 5.74) is 5.85. The van der Waals surface area contributed by atoms with Crippen molar-refractivity contribution in [1.29, 1.82) is 0 Å². The molecule has 7 rings (SSSR count). The second kappa shape index (κ2) is 23.6. The van der Waals surface area contributed by atoms with Crippen LogP contribution in [-0.2, 0) is 22.4 Å². The predicted molar refractivity (Wildman–Crippen MR) is 289 cm³/mol. The molecule has 2 amide bonds. The molecule has 2 aromatic heterocycles. The molecular weight excluding hydrogens is 940 g/mol. The van der Waals surface area contributed by atoms with Gasteiger partial charge in [-0.1, -0.05) is 107 Å². The van der Waals surface area contributed by atoms with E-state index in [1.54, 1.807) is 71.9 Å². The molecule has 3 heterocycles. The fraction of sp³-hybridized carbons (Fsp3) is 0.418. The van der Waals surface area contributed by atoms with Gasteiger partial charge in [-0.25, -0.2) is 0 Å². The van der Waals surface area contributed by atoms with Crippen LogP contribution in [0.25, 0.3) is 21.8 Å². The van der Waals surface area contributed by atoms with E-state index >= 15 is 0 Å². The lowest BCUT2D eigenvalue weighted by molar-refractivity contribution is -0.121. The molecule has 2 N–H and O–H groups in total. The fourth-order valence-corrected chi connectivity index (χ4v) is 15.0. The molecule has 1 fully saturated rings. The van der Waals surface area contributed by atoms with E-state index in [1.807, 2.05) is 50.2 Å². The highest BCUT2D eigenvalue weighted by Gasteiger charge is 2.31. The second-order valence-corrected chi connectivity index (χ2v) is 31.5. The number of rotatable bonds is 17. The number of nitrogens with one attached hydrogen (secondary N) is 2. The predicted octanol–water partition coefficient (Wildman–Crippen LogP) is 13.0. The van der Waals surface area contributed by atoms with Crippen LogP contribution in [0.1, 0.15) is 95.1 Å². The molecule has 1 aliphatic heterocycles. The van der Waals surface area contributed by atoms with Crippen molar-refractivity contribution in [3.8, 4) is 11.5 Å². The Morgan fingerprint density at radius 3 is 1.64 bits per heavy atom. The largest absolute Gasteiger partial charge is 0.497 e. The Balaban J connectivity index is 0.000000227. The Morgan fingerprint density at radius 2 is 1.17 bits per heavy atom. The molecule has 69 heavy (non-hydrogen) atoms. The van der Waals surface area contributed by atoms with Gasteiger partial charge in [0.2, 0.25) is 11.8 Å². The summed E-state index contributed by atoms with van der Waals surface area (Å²) in [6, 6.07) is 28.9. The van der Waals surface area contributed by atoms with Gasteiger partial charge in [-0.3, -0.25) is 28.3 Å². The maximum atomic E-state index is 13.5. The van der Waals surface area contributed by atoms with E-state index < -0.39 is 16.1 Å². The number of fused-ring (bicyclic) bond motifs is 2. The van der Waals surface area contributed by atoms with Crippen LogP contribution in [0.5, 0.6) is 11.5 Å². The Morgan fingerprint density at radius 1 is 0.696 bits per heavy atom. The van der Waals surface area contributed by atoms with Gasteiger partial charge in [-0.2, -0.15) is 0 Å². The lowest BCUT2D eigenvalue weighted by Crippen LogP contribution is -2.44. The first-order valence-corrected chi connectivity index (χ1v) is 32.0. The minimum absolute atomic E-state index is 0.00882. The Bertz CT molecular complexity index is 2780. The van der Waals surface area contributed by atoms with Gasteiger partial charge >= 0.3 is 0 Å². The first-order valence-electron chi connectivity index (χ1n) is 24.4. The molecule has 0 spiro atoms. The zero-order valence-electron chi connectivity index (χ0n) is 42.0. The van der Waals surface area contributed by atoms with E-state index in [0.717, 1.165) is 63.0 Å². The maximum absolute atomic E-state index is 13.5. The van der Waals surface area contributed by atoms with Gasteiger partial charge in [0.05, 0.1) is 46.2 Å². The SMILES string of the molecule is CCCCCCC[Si](C)(C)CNC(=O)Cc1c(C)n(C(=O)c2ccc(Cl)cc2)c2ccc(OC)cc12.COc1ccc2c(c1)c(CC(=O)NC1CCC[Si](C)(C)C1)c(C)n2C(=O)c1ccc(Cl)cc1. The summed E-state index contributed by atoms with van der Waals surface area (Å²) in [6.45, 7) is 15.5. The van der Waals surface area contributed by atoms with Crippen molar-refractivity contribution in [2.75, 3.05) is 20.4 Å². The van der Waals surface area contributed by atoms with Crippen LogP contribution in [-0.4, -0.2) is 75.3 Å². The monoisotopic (exact) mass is 1010 g/mol. The van der Waals surface area contributed by atoms with Gasteiger partial charge in [0, 0.05) is 63.6 Å². The van der Waals surface area contributed by atoms with Crippen LogP contribution in [0.3, 0.4) is 0 Å². The highest BCUT2D eigenvalue weighted by atomic mass is 35.5. The fourth-order valence-electron chi connectivity index (χ4n) is 9.71. The van der Waals surface area contributed by atoms with Crippen LogP contribution in [0, 0.1) is 13.8 Å². The topological polar surface area (TPSA) is 121 Å². The standard InChI is InChI=1S/C29H39ClN2O3Si.C26H31ClN2O3Si/c1-6-7-8-9-10-17-36(4,5)20-31-28(33)19-25-21(2)32(27-16-15-24(35-3)18-26(25)27)29(34)22-11-13-23(30)14-12-22;1-17-22(15-25(30)28-20-6-5-13-33(3,4)16-20)23-14-21(32-2)11-12-24(23)29(17)26(31)18-7-9-19(27)10-8-18/h11-16,18H,6-10,17,19-20H2,1-5H3,(H,31,33);7-12,14,20H,5-6,13,15-16H2,1-4H3,(H,28,30). The smallest absolute Gasteiger partial charge is 0.262 e. The number of unbranched alkanes of at least 4 members (excludes halogenated alkanes) is 4. The van der Waals surface area contributed by atoms with Crippen LogP contribution in [0.4, 0.5) is 0 Å². The van der Waals surface area contributed by atoms with Crippen molar-refractivity contribution in [2.45, 2.75) is 129 Å². The zero-order valence-corrected chi connectivity index (χ0v) is 45.5. The highest BCUT2D eigenvalue weighted by Crippen LogP contribution is 2.34. The molecule has 6 aromatic rings. The summed E-state index contributed by atoms with van der Waals surface area (Å²) in [7, 11) is 0.502. The average Bonchev–Trinajstić information content (AvgIpc) is 3.74. The van der Waals surface area contributed by atoms with Gasteiger partial charge in [0.15, 0.2) is 0 Å². The highest BCUT2D eigenvalue weighted by molar-refractivity contribution is 6.78. The number of hydrogen-bond acceptors (Lipinski definition) is 6. The lowest BCUT2D eigenvalue weighted by Gasteiger charge is -2.34. The van der Waals surface area contributed by atoms with Gasteiger partial charge in [0.25, 0.3) is 11.8 Å². The van der Waals surface area contributed by atoms with E-state index in [2.05, 4.69) is 43.7 Å². The summed E-state index contributed by atoms with van der Waals surface area (Å²) in [6.07, 6.45) is 9.84. The molecule has 1 unspecified atom stereocenters. The minimum Gasteiger partial charge on any atom is -0.497 e. The molecule has 14 heteroatoms. The summed E-state index contributed by atoms with van der Waals surface area (Å²) >= 11 is 12.0. The lowest BCUT2D eigenvalue weighted by atomic mass is 10.1. The summed E-state index contributed by atoms with van der Waals surface area (Å²) in [5.74, 6) is 1.09. The first-order chi connectivity index (χ1) is 32.8. The number of benzene rings is 4. The maximum Gasteiger partial charge on any atom is 0.262 e. The average molecular weight is 1010 g/mol.